The second-order valence-corrected chi connectivity index (χ2v) is 10.3. The lowest BCUT2D eigenvalue weighted by molar-refractivity contribution is 0.414. The molecular weight excluding hydrogens is 436 g/mol. The van der Waals surface area contributed by atoms with Crippen LogP contribution in [0.4, 0.5) is 11.4 Å². The highest BCUT2D eigenvalue weighted by Gasteiger charge is 2.32. The molecule has 1 atom stereocenters. The number of nitrogens with one attached hydrogen (secondary N) is 1. The first kappa shape index (κ1) is 21.6. The molecule has 0 radical (unpaired) electrons. The normalized spacial score (nSPS) is 18.4. The fourth-order valence-corrected chi connectivity index (χ4v) is 6.81. The molecule has 1 N–H and O–H groups in total. The van der Waals surface area contributed by atoms with Gasteiger partial charge in [-0.2, -0.15) is 0 Å². The molecule has 3 aliphatic heterocycles. The lowest BCUT2D eigenvalue weighted by Crippen LogP contribution is -2.51. The average molecular weight is 465 g/mol. The van der Waals surface area contributed by atoms with Crippen molar-refractivity contribution < 1.29 is 4.74 Å². The third-order valence-corrected chi connectivity index (χ3v) is 8.66. The highest BCUT2D eigenvalue weighted by atomic mass is 33.1. The maximum absolute atomic E-state index is 5.28. The van der Waals surface area contributed by atoms with Crippen molar-refractivity contribution in [3.05, 3.63) is 54.2 Å². The number of hydrogen-bond donors (Lipinski definition) is 1. The van der Waals surface area contributed by atoms with Gasteiger partial charge in [0.05, 0.1) is 28.4 Å². The molecule has 0 saturated carbocycles. The predicted octanol–water partition coefficient (Wildman–Crippen LogP) is 5.80. The molecule has 1 aromatic rings. The Bertz CT molecular complexity index is 1090. The first-order chi connectivity index (χ1) is 15.8. The number of ether oxygens (including phenoxy) is 1. The maximum Gasteiger partial charge on any atom is 0.118 e. The summed E-state index contributed by atoms with van der Waals surface area (Å²) >= 11 is 0. The summed E-state index contributed by atoms with van der Waals surface area (Å²) in [4.78, 5) is 13.7. The van der Waals surface area contributed by atoms with E-state index in [0.29, 0.717) is 6.04 Å². The first-order valence-corrected chi connectivity index (χ1v) is 13.4. The maximum atomic E-state index is 5.28. The highest BCUT2D eigenvalue weighted by Crippen LogP contribution is 2.57. The van der Waals surface area contributed by atoms with Gasteiger partial charge in [-0.3, -0.25) is 4.98 Å². The van der Waals surface area contributed by atoms with Crippen LogP contribution in [-0.4, -0.2) is 42.8 Å². The summed E-state index contributed by atoms with van der Waals surface area (Å²) < 4.78 is 5.28. The average Bonchev–Trinajstić information content (AvgIpc) is 2.97. The molecule has 4 aliphatic rings. The smallest absolute Gasteiger partial charge is 0.118 e. The van der Waals surface area contributed by atoms with Gasteiger partial charge in [0.2, 0.25) is 0 Å². The first-order valence-electron chi connectivity index (χ1n) is 11.2. The van der Waals surface area contributed by atoms with E-state index >= 15 is 0 Å². The molecule has 0 amide bonds. The fraction of sp³-hybridized carbons (Fsp3) is 0.360. The van der Waals surface area contributed by atoms with Gasteiger partial charge in [-0.25, -0.2) is 4.99 Å². The second kappa shape index (κ2) is 9.73. The number of nitrogens with zero attached hydrogens (tertiary/aromatic N) is 3. The minimum atomic E-state index is 0.434. The Kier molecular flexibility index (Phi) is 6.57. The topological polar surface area (TPSA) is 49.8 Å². The second-order valence-electron chi connectivity index (χ2n) is 8.13. The van der Waals surface area contributed by atoms with Crippen LogP contribution >= 0.6 is 21.6 Å². The van der Waals surface area contributed by atoms with E-state index in [9.17, 15) is 0 Å². The van der Waals surface area contributed by atoms with Crippen molar-refractivity contribution in [3.8, 4) is 17.0 Å². The van der Waals surface area contributed by atoms with Gasteiger partial charge in [0.25, 0.3) is 0 Å². The molecule has 1 saturated heterocycles. The highest BCUT2D eigenvalue weighted by molar-refractivity contribution is 8.82. The molecule has 166 valence electrons. The van der Waals surface area contributed by atoms with Crippen LogP contribution in [0.15, 0.2) is 58.5 Å². The van der Waals surface area contributed by atoms with Crippen molar-refractivity contribution in [1.82, 2.24) is 10.3 Å². The minimum absolute atomic E-state index is 0.434. The summed E-state index contributed by atoms with van der Waals surface area (Å²) in [6, 6.07) is 15.1. The number of piperazine rings is 1. The van der Waals surface area contributed by atoms with Gasteiger partial charge in [0.1, 0.15) is 11.4 Å². The van der Waals surface area contributed by atoms with E-state index in [1.807, 2.05) is 35.2 Å². The van der Waals surface area contributed by atoms with Crippen LogP contribution in [0.1, 0.15) is 25.3 Å². The summed E-state index contributed by atoms with van der Waals surface area (Å²) in [6.07, 6.45) is 5.01. The van der Waals surface area contributed by atoms with Crippen molar-refractivity contribution in [3.63, 3.8) is 0 Å². The third-order valence-electron chi connectivity index (χ3n) is 6.10. The van der Waals surface area contributed by atoms with E-state index in [4.69, 9.17) is 14.7 Å². The molecule has 0 bridgehead atoms. The van der Waals surface area contributed by atoms with Gasteiger partial charge >= 0.3 is 0 Å². The van der Waals surface area contributed by atoms with E-state index in [1.54, 1.807) is 17.9 Å². The Morgan fingerprint density at radius 1 is 1.16 bits per heavy atom. The van der Waals surface area contributed by atoms with Crippen LogP contribution in [0.2, 0.25) is 0 Å². The van der Waals surface area contributed by atoms with Crippen molar-refractivity contribution in [1.29, 1.82) is 0 Å². The van der Waals surface area contributed by atoms with Crippen LogP contribution in [0.3, 0.4) is 0 Å². The van der Waals surface area contributed by atoms with Crippen molar-refractivity contribution >= 4 is 38.0 Å². The Labute approximate surface area is 197 Å². The SMILES string of the molecule is CCC1=Nc2c(c3ccccnc-3c2N2CCNC(CCc3ccc(OC)cc3)C2)SS1. The molecule has 7 heteroatoms. The van der Waals surface area contributed by atoms with Crippen LogP contribution in [0.5, 0.6) is 5.75 Å². The lowest BCUT2D eigenvalue weighted by Gasteiger charge is -2.35. The molecule has 1 aliphatic carbocycles. The molecule has 32 heavy (non-hydrogen) atoms. The lowest BCUT2D eigenvalue weighted by atomic mass is 10.0. The zero-order valence-electron chi connectivity index (χ0n) is 18.5. The Hall–Kier alpha value is -2.22. The number of benzene rings is 1. The van der Waals surface area contributed by atoms with Crippen LogP contribution in [-0.2, 0) is 6.42 Å². The van der Waals surface area contributed by atoms with Crippen LogP contribution in [0, 0.1) is 0 Å². The van der Waals surface area contributed by atoms with Gasteiger partial charge in [0, 0.05) is 37.4 Å². The molecule has 5 rings (SSSR count). The predicted molar refractivity (Wildman–Crippen MR) is 137 cm³/mol. The van der Waals surface area contributed by atoms with Gasteiger partial charge in [-0.15, -0.1) is 0 Å². The number of aryl methyl sites for hydroxylation is 1. The number of aliphatic imine (C=N–C) groups is 1. The Morgan fingerprint density at radius 2 is 2.03 bits per heavy atom. The quantitative estimate of drug-likeness (QED) is 0.465. The molecule has 5 nitrogen and oxygen atoms in total. The summed E-state index contributed by atoms with van der Waals surface area (Å²) in [5.41, 5.74) is 5.96. The van der Waals surface area contributed by atoms with Gasteiger partial charge in [-0.05, 0) is 64.6 Å². The number of methoxy groups -OCH3 is 1. The van der Waals surface area contributed by atoms with E-state index in [-0.39, 0.29) is 0 Å². The van der Waals surface area contributed by atoms with Crippen LogP contribution in [0.25, 0.3) is 11.3 Å². The molecule has 1 aromatic carbocycles. The molecule has 0 spiro atoms. The van der Waals surface area contributed by atoms with Gasteiger partial charge in [0.15, 0.2) is 0 Å². The number of fused-ring (bicyclic) bond motifs is 3. The molecular formula is C25H28N4OS2. The van der Waals surface area contributed by atoms with Crippen LogP contribution < -0.4 is 15.0 Å². The number of hydrogen-bond acceptors (Lipinski definition) is 7. The fourth-order valence-electron chi connectivity index (χ4n) is 4.40. The summed E-state index contributed by atoms with van der Waals surface area (Å²) in [6.45, 7) is 5.09. The number of anilines is 1. The Morgan fingerprint density at radius 3 is 2.84 bits per heavy atom. The molecule has 1 unspecified atom stereocenters. The standard InChI is InChI=1S/C25H28N4OS2/c1-3-21-28-23-24(22-20(25(23)32-31-21)6-4-5-13-27-22)29-15-14-26-18(16-29)10-7-17-8-11-19(30-2)12-9-17/h4-6,8-9,11-13,18,26H,3,7,10,14-16H2,1-2H3. The van der Waals surface area contributed by atoms with E-state index in [1.165, 1.54) is 26.8 Å². The molecule has 3 heterocycles. The van der Waals surface area contributed by atoms with Crippen molar-refractivity contribution in [2.45, 2.75) is 37.1 Å². The summed E-state index contributed by atoms with van der Waals surface area (Å²) in [5, 5.41) is 4.92. The van der Waals surface area contributed by atoms with E-state index < -0.39 is 0 Å². The third kappa shape index (κ3) is 4.34. The van der Waals surface area contributed by atoms with E-state index in [2.05, 4.69) is 41.4 Å². The zero-order chi connectivity index (χ0) is 21.9. The zero-order valence-corrected chi connectivity index (χ0v) is 20.1. The minimum Gasteiger partial charge on any atom is -0.497 e. The largest absolute Gasteiger partial charge is 0.497 e. The van der Waals surface area contributed by atoms with Gasteiger partial charge < -0.3 is 15.0 Å². The summed E-state index contributed by atoms with van der Waals surface area (Å²) in [5.74, 6) is 0.910. The molecule has 1 fully saturated rings. The number of rotatable bonds is 6. The van der Waals surface area contributed by atoms with E-state index in [0.717, 1.165) is 56.0 Å². The molecule has 0 aromatic heterocycles. The number of aromatic nitrogens is 1. The van der Waals surface area contributed by atoms with Crippen molar-refractivity contribution in [2.24, 2.45) is 4.99 Å². The van der Waals surface area contributed by atoms with Gasteiger partial charge in [-0.1, -0.05) is 31.2 Å². The Balaban J connectivity index is 1.40. The van der Waals surface area contributed by atoms with Crippen molar-refractivity contribution in [2.75, 3.05) is 31.6 Å². The monoisotopic (exact) mass is 464 g/mol. The summed E-state index contributed by atoms with van der Waals surface area (Å²) in [7, 11) is 5.33.